The van der Waals surface area contributed by atoms with Crippen LogP contribution >= 0.6 is 0 Å². The first-order valence-corrected chi connectivity index (χ1v) is 7.21. The summed E-state index contributed by atoms with van der Waals surface area (Å²) >= 11 is 0. The number of aliphatic hydroxyl groups is 1. The fourth-order valence-corrected chi connectivity index (χ4v) is 2.88. The van der Waals surface area contributed by atoms with Gasteiger partial charge < -0.3 is 5.11 Å². The van der Waals surface area contributed by atoms with E-state index in [9.17, 15) is 18.0 Å². The largest absolute Gasteiger partial charge is 0.433 e. The van der Waals surface area contributed by atoms with Crippen molar-refractivity contribution in [3.05, 3.63) is 38.6 Å². The number of fused-ring (bicyclic) bond motifs is 1. The Bertz CT molecular complexity index is 808. The predicted molar refractivity (Wildman–Crippen MR) is 74.5 cm³/mol. The summed E-state index contributed by atoms with van der Waals surface area (Å²) in [6.07, 6.45) is -3.16. The van der Waals surface area contributed by atoms with Crippen LogP contribution in [0.5, 0.6) is 0 Å². The lowest BCUT2D eigenvalue weighted by atomic mass is 10.2. The third-order valence-electron chi connectivity index (χ3n) is 3.95. The summed E-state index contributed by atoms with van der Waals surface area (Å²) in [5, 5.41) is 11.7. The molecule has 9 heteroatoms. The maximum Gasteiger partial charge on any atom is 0.433 e. The number of aryl methyl sites for hydroxylation is 2. The number of nitrogens with zero attached hydrogens (tertiary/aromatic N) is 3. The quantitative estimate of drug-likeness (QED) is 0.890. The zero-order valence-electron chi connectivity index (χ0n) is 12.4. The second-order valence-electron chi connectivity index (χ2n) is 5.48. The number of aromatic nitrogens is 4. The molecule has 2 aromatic rings. The summed E-state index contributed by atoms with van der Waals surface area (Å²) in [4.78, 5) is 20.0. The van der Waals surface area contributed by atoms with Crippen molar-refractivity contribution in [3.8, 4) is 5.95 Å². The standard InChI is InChI=1S/C14H15F3N4O2/c1-7-8(5-6-22)12(23)21(20-7)13-18-10-4-2-3-9(10)11(19-13)14(15,16)17/h20,22H,2-6H2,1H3. The van der Waals surface area contributed by atoms with Gasteiger partial charge >= 0.3 is 6.18 Å². The lowest BCUT2D eigenvalue weighted by Gasteiger charge is -2.12. The highest BCUT2D eigenvalue weighted by Gasteiger charge is 2.38. The molecule has 6 nitrogen and oxygen atoms in total. The molecule has 0 atom stereocenters. The Morgan fingerprint density at radius 3 is 2.70 bits per heavy atom. The maximum absolute atomic E-state index is 13.2. The van der Waals surface area contributed by atoms with Crippen molar-refractivity contribution in [2.45, 2.75) is 38.8 Å². The number of aromatic amines is 1. The van der Waals surface area contributed by atoms with Gasteiger partial charge in [-0.25, -0.2) is 9.97 Å². The summed E-state index contributed by atoms with van der Waals surface area (Å²) in [6, 6.07) is 0. The van der Waals surface area contributed by atoms with Gasteiger partial charge in [-0.2, -0.15) is 17.9 Å². The average molecular weight is 328 g/mol. The van der Waals surface area contributed by atoms with E-state index in [0.29, 0.717) is 36.2 Å². The van der Waals surface area contributed by atoms with E-state index in [0.717, 1.165) is 4.68 Å². The summed E-state index contributed by atoms with van der Waals surface area (Å²) < 4.78 is 40.6. The van der Waals surface area contributed by atoms with Crippen LogP contribution in [-0.2, 0) is 25.4 Å². The van der Waals surface area contributed by atoms with Gasteiger partial charge in [-0.3, -0.25) is 9.89 Å². The smallest absolute Gasteiger partial charge is 0.396 e. The number of alkyl halides is 3. The first-order chi connectivity index (χ1) is 10.8. The predicted octanol–water partition coefficient (Wildman–Crippen LogP) is 1.31. The highest BCUT2D eigenvalue weighted by Crippen LogP contribution is 2.35. The van der Waals surface area contributed by atoms with Crippen LogP contribution in [0.4, 0.5) is 13.2 Å². The molecule has 0 fully saturated rings. The molecule has 2 heterocycles. The number of halogens is 3. The average Bonchev–Trinajstić information content (AvgIpc) is 3.04. The van der Waals surface area contributed by atoms with Crippen molar-refractivity contribution in [2.75, 3.05) is 6.61 Å². The van der Waals surface area contributed by atoms with Gasteiger partial charge in [0.2, 0.25) is 0 Å². The van der Waals surface area contributed by atoms with Crippen LogP contribution in [0.3, 0.4) is 0 Å². The van der Waals surface area contributed by atoms with Crippen molar-refractivity contribution in [1.29, 1.82) is 0 Å². The molecule has 0 spiro atoms. The third-order valence-corrected chi connectivity index (χ3v) is 3.95. The van der Waals surface area contributed by atoms with Gasteiger partial charge in [0.15, 0.2) is 5.69 Å². The molecule has 0 amide bonds. The van der Waals surface area contributed by atoms with Gasteiger partial charge in [0.1, 0.15) is 0 Å². The highest BCUT2D eigenvalue weighted by atomic mass is 19.4. The second kappa shape index (κ2) is 5.48. The van der Waals surface area contributed by atoms with Crippen LogP contribution in [0.1, 0.15) is 34.6 Å². The summed E-state index contributed by atoms with van der Waals surface area (Å²) in [7, 11) is 0. The number of hydrogen-bond donors (Lipinski definition) is 2. The van der Waals surface area contributed by atoms with Gasteiger partial charge in [0.25, 0.3) is 11.5 Å². The SMILES string of the molecule is Cc1[nH]n(-c2nc3c(c(C(F)(F)F)n2)CCC3)c(=O)c1CCO. The second-order valence-corrected chi connectivity index (χ2v) is 5.48. The Morgan fingerprint density at radius 1 is 1.30 bits per heavy atom. The van der Waals surface area contributed by atoms with Gasteiger partial charge in [-0.1, -0.05) is 0 Å². The van der Waals surface area contributed by atoms with E-state index in [1.807, 2.05) is 0 Å². The van der Waals surface area contributed by atoms with Crippen molar-refractivity contribution in [1.82, 2.24) is 19.7 Å². The lowest BCUT2D eigenvalue weighted by molar-refractivity contribution is -0.141. The Kier molecular flexibility index (Phi) is 3.75. The molecule has 0 radical (unpaired) electrons. The lowest BCUT2D eigenvalue weighted by Crippen LogP contribution is -2.23. The summed E-state index contributed by atoms with van der Waals surface area (Å²) in [5.41, 5.74) is -0.273. The Morgan fingerprint density at radius 2 is 2.04 bits per heavy atom. The van der Waals surface area contributed by atoms with Gasteiger partial charge in [0, 0.05) is 35.5 Å². The van der Waals surface area contributed by atoms with Crippen LogP contribution in [-0.4, -0.2) is 31.5 Å². The molecule has 2 aromatic heterocycles. The number of H-pyrrole nitrogens is 1. The van der Waals surface area contributed by atoms with E-state index in [2.05, 4.69) is 15.1 Å². The van der Waals surface area contributed by atoms with Gasteiger partial charge in [0.05, 0.1) is 0 Å². The van der Waals surface area contributed by atoms with E-state index in [1.54, 1.807) is 6.92 Å². The van der Waals surface area contributed by atoms with E-state index in [4.69, 9.17) is 5.11 Å². The molecular formula is C14H15F3N4O2. The van der Waals surface area contributed by atoms with Crippen LogP contribution < -0.4 is 5.56 Å². The fourth-order valence-electron chi connectivity index (χ4n) is 2.88. The van der Waals surface area contributed by atoms with Crippen LogP contribution in [0, 0.1) is 6.92 Å². The molecule has 0 saturated carbocycles. The molecule has 0 unspecified atom stereocenters. The first-order valence-electron chi connectivity index (χ1n) is 7.21. The Balaban J connectivity index is 2.19. The number of aliphatic hydroxyl groups excluding tert-OH is 1. The summed E-state index contributed by atoms with van der Waals surface area (Å²) in [5.74, 6) is -0.310. The summed E-state index contributed by atoms with van der Waals surface area (Å²) in [6.45, 7) is 1.38. The molecule has 1 aliphatic rings. The first kappa shape index (κ1) is 15.7. The molecule has 124 valence electrons. The van der Waals surface area contributed by atoms with Crippen molar-refractivity contribution < 1.29 is 18.3 Å². The van der Waals surface area contributed by atoms with Gasteiger partial charge in [-0.05, 0) is 26.2 Å². The Hall–Kier alpha value is -2.16. The zero-order valence-corrected chi connectivity index (χ0v) is 12.4. The van der Waals surface area contributed by atoms with Crippen molar-refractivity contribution in [3.63, 3.8) is 0 Å². The minimum atomic E-state index is -4.59. The number of rotatable bonds is 3. The molecule has 0 saturated heterocycles. The van der Waals surface area contributed by atoms with E-state index >= 15 is 0 Å². The molecule has 3 rings (SSSR count). The van der Waals surface area contributed by atoms with Crippen LogP contribution in [0.2, 0.25) is 0 Å². The van der Waals surface area contributed by atoms with E-state index in [1.165, 1.54) is 0 Å². The van der Waals surface area contributed by atoms with Crippen molar-refractivity contribution >= 4 is 0 Å². The van der Waals surface area contributed by atoms with Gasteiger partial charge in [-0.15, -0.1) is 0 Å². The van der Waals surface area contributed by atoms with Crippen molar-refractivity contribution in [2.24, 2.45) is 0 Å². The van der Waals surface area contributed by atoms with E-state index in [-0.39, 0.29) is 24.5 Å². The highest BCUT2D eigenvalue weighted by molar-refractivity contribution is 5.35. The van der Waals surface area contributed by atoms with Crippen LogP contribution in [0.15, 0.2) is 4.79 Å². The molecule has 0 bridgehead atoms. The third kappa shape index (κ3) is 2.65. The minimum absolute atomic E-state index is 0.116. The molecule has 0 aliphatic heterocycles. The Labute approximate surface area is 129 Å². The maximum atomic E-state index is 13.2. The fraction of sp³-hybridized carbons (Fsp3) is 0.500. The molecular weight excluding hydrogens is 313 g/mol. The molecule has 1 aliphatic carbocycles. The number of nitrogens with one attached hydrogen (secondary N) is 1. The normalized spacial score (nSPS) is 14.3. The number of hydrogen-bond acceptors (Lipinski definition) is 4. The molecule has 2 N–H and O–H groups in total. The minimum Gasteiger partial charge on any atom is -0.396 e. The topological polar surface area (TPSA) is 83.8 Å². The molecule has 23 heavy (non-hydrogen) atoms. The zero-order chi connectivity index (χ0) is 16.8. The van der Waals surface area contributed by atoms with Crippen LogP contribution in [0.25, 0.3) is 5.95 Å². The van der Waals surface area contributed by atoms with E-state index < -0.39 is 17.4 Å². The molecule has 0 aromatic carbocycles. The monoisotopic (exact) mass is 328 g/mol.